The molecule has 25 heavy (non-hydrogen) atoms. The van der Waals surface area contributed by atoms with Crippen LogP contribution in [0.25, 0.3) is 0 Å². The Hall–Kier alpha value is -1.31. The summed E-state index contributed by atoms with van der Waals surface area (Å²) in [4.78, 5) is 15.9. The number of benzene rings is 1. The number of hydrogen-bond donors (Lipinski definition) is 0. The fraction of sp³-hybridized carbons (Fsp3) is 0.696. The molecular formula is C23H39NO. The summed E-state index contributed by atoms with van der Waals surface area (Å²) in [5.74, 6) is 0.250. The number of aryl methyl sites for hydroxylation is 1. The average Bonchev–Trinajstić information content (AvgIpc) is 2.54. The number of carbonyl (C=O) groups excluding carboxylic acids is 1. The van der Waals surface area contributed by atoms with Gasteiger partial charge >= 0.3 is 0 Å². The predicted molar refractivity (Wildman–Crippen MR) is 110 cm³/mol. The minimum atomic E-state index is -0.422. The zero-order valence-corrected chi connectivity index (χ0v) is 17.8. The van der Waals surface area contributed by atoms with Gasteiger partial charge in [0, 0.05) is 17.1 Å². The lowest BCUT2D eigenvalue weighted by Gasteiger charge is -2.44. The Morgan fingerprint density at radius 3 is 2.00 bits per heavy atom. The molecule has 0 unspecified atom stereocenters. The maximum Gasteiger partial charge on any atom is 0.233 e. The van der Waals surface area contributed by atoms with E-state index in [1.807, 2.05) is 0 Å². The molecule has 0 heterocycles. The zero-order chi connectivity index (χ0) is 19.3. The minimum absolute atomic E-state index is 0.0896. The molecule has 2 nitrogen and oxygen atoms in total. The van der Waals surface area contributed by atoms with Crippen molar-refractivity contribution >= 4 is 11.6 Å². The van der Waals surface area contributed by atoms with Crippen molar-refractivity contribution in [2.75, 3.05) is 4.90 Å². The topological polar surface area (TPSA) is 20.3 Å². The molecule has 0 saturated carbocycles. The smallest absolute Gasteiger partial charge is 0.233 e. The first-order valence-corrected chi connectivity index (χ1v) is 10.0. The second-order valence-corrected chi connectivity index (χ2v) is 8.80. The molecule has 0 aliphatic heterocycles. The standard InChI is InChI=1S/C23H39NO/c1-9-13-19(14-10-2)24(20-16-12-15-18(11-3)17-20)21(25)23(7,8)22(4,5)6/h12,15-17,19H,9-11,13-14H2,1-8H3. The van der Waals surface area contributed by atoms with E-state index in [-0.39, 0.29) is 17.4 Å². The van der Waals surface area contributed by atoms with Gasteiger partial charge in [-0.1, -0.05) is 80.4 Å². The van der Waals surface area contributed by atoms with Gasteiger partial charge in [0.2, 0.25) is 5.91 Å². The molecule has 0 spiro atoms. The van der Waals surface area contributed by atoms with E-state index < -0.39 is 5.41 Å². The van der Waals surface area contributed by atoms with Crippen LogP contribution in [0.5, 0.6) is 0 Å². The highest BCUT2D eigenvalue weighted by atomic mass is 16.2. The van der Waals surface area contributed by atoms with E-state index in [0.29, 0.717) is 0 Å². The Balaban J connectivity index is 3.43. The summed E-state index contributed by atoms with van der Waals surface area (Å²) in [5, 5.41) is 0. The molecular weight excluding hydrogens is 306 g/mol. The molecule has 0 bridgehead atoms. The van der Waals surface area contributed by atoms with Crippen molar-refractivity contribution < 1.29 is 4.79 Å². The second-order valence-electron chi connectivity index (χ2n) is 8.80. The summed E-state index contributed by atoms with van der Waals surface area (Å²) >= 11 is 0. The third kappa shape index (κ3) is 5.09. The van der Waals surface area contributed by atoms with Crippen LogP contribution in [0.4, 0.5) is 5.69 Å². The van der Waals surface area contributed by atoms with Gasteiger partial charge in [-0.3, -0.25) is 4.79 Å². The van der Waals surface area contributed by atoms with Gasteiger partial charge in [-0.2, -0.15) is 0 Å². The van der Waals surface area contributed by atoms with E-state index >= 15 is 0 Å². The first-order valence-electron chi connectivity index (χ1n) is 10.0. The van der Waals surface area contributed by atoms with Gasteiger partial charge in [0.1, 0.15) is 0 Å². The van der Waals surface area contributed by atoms with Crippen LogP contribution in [-0.2, 0) is 11.2 Å². The minimum Gasteiger partial charge on any atom is -0.309 e. The van der Waals surface area contributed by atoms with Crippen LogP contribution >= 0.6 is 0 Å². The maximum atomic E-state index is 13.7. The van der Waals surface area contributed by atoms with Crippen LogP contribution < -0.4 is 4.90 Å². The van der Waals surface area contributed by atoms with Crippen molar-refractivity contribution in [2.45, 2.75) is 93.5 Å². The molecule has 2 heteroatoms. The second kappa shape index (κ2) is 8.87. The number of nitrogens with zero attached hydrogens (tertiary/aromatic N) is 1. The Labute approximate surface area is 156 Å². The Morgan fingerprint density at radius 1 is 1.00 bits per heavy atom. The quantitative estimate of drug-likeness (QED) is 0.518. The highest BCUT2D eigenvalue weighted by Gasteiger charge is 2.44. The van der Waals surface area contributed by atoms with E-state index in [9.17, 15) is 4.79 Å². The molecule has 0 N–H and O–H groups in total. The molecule has 0 fully saturated rings. The van der Waals surface area contributed by atoms with Crippen molar-refractivity contribution in [2.24, 2.45) is 10.8 Å². The summed E-state index contributed by atoms with van der Waals surface area (Å²) in [6.45, 7) is 17.3. The van der Waals surface area contributed by atoms with Crippen LogP contribution in [0.15, 0.2) is 24.3 Å². The highest BCUT2D eigenvalue weighted by Crippen LogP contribution is 2.41. The van der Waals surface area contributed by atoms with Gasteiger partial charge in [0.25, 0.3) is 0 Å². The lowest BCUT2D eigenvalue weighted by molar-refractivity contribution is -0.132. The molecule has 0 saturated heterocycles. The summed E-state index contributed by atoms with van der Waals surface area (Å²) < 4.78 is 0. The zero-order valence-electron chi connectivity index (χ0n) is 17.8. The Bertz CT molecular complexity index is 547. The summed E-state index contributed by atoms with van der Waals surface area (Å²) in [5.41, 5.74) is 1.84. The fourth-order valence-electron chi connectivity index (χ4n) is 3.11. The van der Waals surface area contributed by atoms with Crippen LogP contribution in [0.1, 0.15) is 86.6 Å². The molecule has 1 amide bonds. The molecule has 0 aliphatic rings. The first kappa shape index (κ1) is 21.7. The summed E-state index contributed by atoms with van der Waals surface area (Å²) in [6, 6.07) is 8.82. The van der Waals surface area contributed by atoms with Crippen molar-refractivity contribution in [1.82, 2.24) is 0 Å². The van der Waals surface area contributed by atoms with Gasteiger partial charge < -0.3 is 4.90 Å². The average molecular weight is 346 g/mol. The molecule has 1 rings (SSSR count). The van der Waals surface area contributed by atoms with Crippen molar-refractivity contribution in [3.05, 3.63) is 29.8 Å². The van der Waals surface area contributed by atoms with Gasteiger partial charge in [0.15, 0.2) is 0 Å². The van der Waals surface area contributed by atoms with Gasteiger partial charge in [-0.25, -0.2) is 0 Å². The van der Waals surface area contributed by atoms with Gasteiger partial charge in [0.05, 0.1) is 0 Å². The SMILES string of the molecule is CCCC(CCC)N(C(=O)C(C)(C)C(C)(C)C)c1cccc(CC)c1. The van der Waals surface area contributed by atoms with E-state index in [2.05, 4.69) is 84.6 Å². The number of amides is 1. The maximum absolute atomic E-state index is 13.7. The van der Waals surface area contributed by atoms with E-state index in [1.54, 1.807) is 0 Å². The largest absolute Gasteiger partial charge is 0.309 e. The normalized spacial score (nSPS) is 12.5. The van der Waals surface area contributed by atoms with Crippen LogP contribution in [0, 0.1) is 10.8 Å². The van der Waals surface area contributed by atoms with Crippen LogP contribution in [0.3, 0.4) is 0 Å². The number of hydrogen-bond acceptors (Lipinski definition) is 1. The lowest BCUT2D eigenvalue weighted by atomic mass is 9.68. The highest BCUT2D eigenvalue weighted by molar-refractivity contribution is 5.98. The van der Waals surface area contributed by atoms with Crippen molar-refractivity contribution in [3.8, 4) is 0 Å². The number of anilines is 1. The predicted octanol–water partition coefficient (Wildman–Crippen LogP) is 6.62. The summed E-state index contributed by atoms with van der Waals surface area (Å²) in [6.07, 6.45) is 5.28. The third-order valence-corrected chi connectivity index (χ3v) is 5.83. The number of rotatable bonds is 8. The Morgan fingerprint density at radius 2 is 1.56 bits per heavy atom. The van der Waals surface area contributed by atoms with E-state index in [0.717, 1.165) is 37.8 Å². The molecule has 0 aromatic heterocycles. The van der Waals surface area contributed by atoms with Gasteiger partial charge in [-0.15, -0.1) is 0 Å². The lowest BCUT2D eigenvalue weighted by Crippen LogP contribution is -2.51. The van der Waals surface area contributed by atoms with Crippen molar-refractivity contribution in [1.29, 1.82) is 0 Å². The van der Waals surface area contributed by atoms with E-state index in [4.69, 9.17) is 0 Å². The fourth-order valence-corrected chi connectivity index (χ4v) is 3.11. The van der Waals surface area contributed by atoms with Crippen LogP contribution in [-0.4, -0.2) is 11.9 Å². The van der Waals surface area contributed by atoms with Crippen molar-refractivity contribution in [3.63, 3.8) is 0 Å². The van der Waals surface area contributed by atoms with Gasteiger partial charge in [-0.05, 0) is 42.4 Å². The molecule has 1 aromatic carbocycles. The van der Waals surface area contributed by atoms with E-state index in [1.165, 1.54) is 5.56 Å². The monoisotopic (exact) mass is 345 g/mol. The summed E-state index contributed by atoms with van der Waals surface area (Å²) in [7, 11) is 0. The molecule has 0 atom stereocenters. The Kier molecular flexibility index (Phi) is 7.71. The molecule has 0 radical (unpaired) electrons. The first-order chi connectivity index (χ1) is 11.6. The van der Waals surface area contributed by atoms with Crippen LogP contribution in [0.2, 0.25) is 0 Å². The number of carbonyl (C=O) groups is 1. The molecule has 0 aliphatic carbocycles. The molecule has 142 valence electrons. The molecule has 1 aromatic rings. The third-order valence-electron chi connectivity index (χ3n) is 5.83.